The number of halogens is 1. The van der Waals surface area contributed by atoms with Crippen LogP contribution in [0.25, 0.3) is 0 Å². The molecular formula is C26H31FN2O5S. The molecule has 7 nitrogen and oxygen atoms in total. The van der Waals surface area contributed by atoms with Gasteiger partial charge in [0.1, 0.15) is 5.82 Å². The maximum absolute atomic E-state index is 14.0. The highest BCUT2D eigenvalue weighted by Gasteiger charge is 2.42. The maximum Gasteiger partial charge on any atom is 0.309 e. The highest BCUT2D eigenvalue weighted by molar-refractivity contribution is 7.89. The van der Waals surface area contributed by atoms with Gasteiger partial charge in [-0.15, -0.1) is 0 Å². The molecule has 0 bridgehead atoms. The number of ether oxygens (including phenoxy) is 1. The summed E-state index contributed by atoms with van der Waals surface area (Å²) in [6.07, 6.45) is 1.98. The average Bonchev–Trinajstić information content (AvgIpc) is 2.88. The molecule has 0 spiro atoms. The van der Waals surface area contributed by atoms with E-state index in [1.54, 1.807) is 42.2 Å². The van der Waals surface area contributed by atoms with Gasteiger partial charge in [-0.3, -0.25) is 9.59 Å². The first-order valence-electron chi connectivity index (χ1n) is 12.1. The molecule has 188 valence electrons. The van der Waals surface area contributed by atoms with Crippen molar-refractivity contribution >= 4 is 21.9 Å². The third-order valence-electron chi connectivity index (χ3n) is 6.90. The molecule has 2 aliphatic heterocycles. The third-order valence-corrected chi connectivity index (χ3v) is 8.78. The summed E-state index contributed by atoms with van der Waals surface area (Å²) in [7, 11) is -3.92. The van der Waals surface area contributed by atoms with Gasteiger partial charge in [0.05, 0.1) is 29.4 Å². The quantitative estimate of drug-likeness (QED) is 0.562. The van der Waals surface area contributed by atoms with Gasteiger partial charge in [0.2, 0.25) is 15.9 Å². The van der Waals surface area contributed by atoms with E-state index >= 15 is 0 Å². The molecule has 9 heteroatoms. The van der Waals surface area contributed by atoms with E-state index in [2.05, 4.69) is 0 Å². The number of carbonyl (C=O) groups excluding carboxylic acids is 2. The summed E-state index contributed by atoms with van der Waals surface area (Å²) < 4.78 is 47.7. The summed E-state index contributed by atoms with van der Waals surface area (Å²) >= 11 is 0. The number of piperidine rings is 2. The van der Waals surface area contributed by atoms with Gasteiger partial charge < -0.3 is 9.64 Å². The second-order valence-corrected chi connectivity index (χ2v) is 11.0. The number of nitrogens with zero attached hydrogens (tertiary/aromatic N) is 2. The second-order valence-electron chi connectivity index (χ2n) is 9.08. The molecule has 2 atom stereocenters. The van der Waals surface area contributed by atoms with Gasteiger partial charge in [-0.1, -0.05) is 30.3 Å². The zero-order chi connectivity index (χ0) is 25.0. The van der Waals surface area contributed by atoms with Crippen molar-refractivity contribution in [1.29, 1.82) is 0 Å². The Kier molecular flexibility index (Phi) is 7.86. The van der Waals surface area contributed by atoms with E-state index in [1.165, 1.54) is 28.6 Å². The van der Waals surface area contributed by atoms with Gasteiger partial charge in [-0.05, 0) is 62.4 Å². The van der Waals surface area contributed by atoms with Crippen LogP contribution >= 0.6 is 0 Å². The molecule has 0 radical (unpaired) electrons. The molecule has 0 saturated carbocycles. The number of amides is 1. The van der Waals surface area contributed by atoms with Gasteiger partial charge in [-0.2, -0.15) is 4.31 Å². The number of carbonyl (C=O) groups is 2. The van der Waals surface area contributed by atoms with E-state index in [0.29, 0.717) is 50.9 Å². The van der Waals surface area contributed by atoms with Crippen molar-refractivity contribution < 1.29 is 27.1 Å². The van der Waals surface area contributed by atoms with Crippen molar-refractivity contribution in [3.63, 3.8) is 0 Å². The minimum Gasteiger partial charge on any atom is -0.466 e. The van der Waals surface area contributed by atoms with E-state index in [9.17, 15) is 22.4 Å². The monoisotopic (exact) mass is 502 g/mol. The summed E-state index contributed by atoms with van der Waals surface area (Å²) in [6, 6.07) is 13.5. The van der Waals surface area contributed by atoms with Crippen LogP contribution in [-0.4, -0.2) is 55.7 Å². The SMILES string of the molecule is CCOC(=O)C1CCN(C(=O)[C@@H]2CC[C@H](c3cccc(F)c3)N(S(=O)(=O)c3ccccc3)C2)CC1. The van der Waals surface area contributed by atoms with Gasteiger partial charge in [0, 0.05) is 19.6 Å². The number of benzene rings is 2. The van der Waals surface area contributed by atoms with Gasteiger partial charge in [0.25, 0.3) is 0 Å². The van der Waals surface area contributed by atoms with E-state index < -0.39 is 27.8 Å². The third kappa shape index (κ3) is 5.56. The standard InChI is InChI=1S/C26H31FN2O5S/c1-2-34-26(31)19-13-15-28(16-14-19)25(30)21-11-12-24(20-7-6-8-22(27)17-20)29(18-21)35(32,33)23-9-4-3-5-10-23/h3-10,17,19,21,24H,2,11-16,18H2,1H3/t21-,24-/m1/s1. The Labute approximate surface area is 205 Å². The minimum atomic E-state index is -3.92. The molecule has 2 heterocycles. The number of likely N-dealkylation sites (tertiary alicyclic amines) is 1. The minimum absolute atomic E-state index is 0.0229. The number of sulfonamides is 1. The Hall–Kier alpha value is -2.78. The van der Waals surface area contributed by atoms with Crippen molar-refractivity contribution in [3.8, 4) is 0 Å². The van der Waals surface area contributed by atoms with E-state index in [0.717, 1.165) is 0 Å². The Bertz CT molecular complexity index is 1150. The molecule has 2 aliphatic rings. The molecule has 0 unspecified atom stereocenters. The van der Waals surface area contributed by atoms with Crippen molar-refractivity contribution in [2.45, 2.75) is 43.5 Å². The summed E-state index contributed by atoms with van der Waals surface area (Å²) in [4.78, 5) is 27.3. The molecule has 35 heavy (non-hydrogen) atoms. The fraction of sp³-hybridized carbons (Fsp3) is 0.462. The van der Waals surface area contributed by atoms with Crippen LogP contribution in [0.2, 0.25) is 0 Å². The fourth-order valence-electron chi connectivity index (χ4n) is 5.03. The van der Waals surface area contributed by atoms with E-state index in [-0.39, 0.29) is 29.2 Å². The molecule has 2 aromatic carbocycles. The molecular weight excluding hydrogens is 471 g/mol. The molecule has 0 aliphatic carbocycles. The molecule has 2 fully saturated rings. The predicted molar refractivity (Wildman–Crippen MR) is 128 cm³/mol. The van der Waals surface area contributed by atoms with E-state index in [4.69, 9.17) is 4.74 Å². The summed E-state index contributed by atoms with van der Waals surface area (Å²) in [5, 5.41) is 0. The number of esters is 1. The molecule has 1 amide bonds. The first-order chi connectivity index (χ1) is 16.8. The van der Waals surface area contributed by atoms with Gasteiger partial charge in [0.15, 0.2) is 0 Å². The Morgan fingerprint density at radius 1 is 0.971 bits per heavy atom. The number of hydrogen-bond acceptors (Lipinski definition) is 5. The molecule has 4 rings (SSSR count). The summed E-state index contributed by atoms with van der Waals surface area (Å²) in [5.74, 6) is -1.47. The van der Waals surface area contributed by atoms with Crippen LogP contribution in [0.3, 0.4) is 0 Å². The van der Waals surface area contributed by atoms with Crippen molar-refractivity contribution in [2.24, 2.45) is 11.8 Å². The largest absolute Gasteiger partial charge is 0.466 e. The van der Waals surface area contributed by atoms with E-state index in [1.807, 2.05) is 0 Å². The smallest absolute Gasteiger partial charge is 0.309 e. The van der Waals surface area contributed by atoms with Crippen molar-refractivity contribution in [3.05, 3.63) is 66.0 Å². The van der Waals surface area contributed by atoms with Crippen LogP contribution in [-0.2, 0) is 24.3 Å². The first-order valence-corrected chi connectivity index (χ1v) is 13.5. The zero-order valence-electron chi connectivity index (χ0n) is 19.8. The first kappa shape index (κ1) is 25.3. The van der Waals surface area contributed by atoms with Crippen molar-refractivity contribution in [1.82, 2.24) is 9.21 Å². The van der Waals surface area contributed by atoms with Crippen LogP contribution in [0.4, 0.5) is 4.39 Å². The van der Waals surface area contributed by atoms with Crippen LogP contribution < -0.4 is 0 Å². The molecule has 0 aromatic heterocycles. The normalized spacial score (nSPS) is 22.1. The lowest BCUT2D eigenvalue weighted by Gasteiger charge is -2.41. The molecule has 2 aromatic rings. The Balaban J connectivity index is 1.54. The zero-order valence-corrected chi connectivity index (χ0v) is 20.6. The summed E-state index contributed by atoms with van der Waals surface area (Å²) in [5.41, 5.74) is 0.575. The molecule has 2 saturated heterocycles. The molecule has 0 N–H and O–H groups in total. The van der Waals surface area contributed by atoms with Crippen LogP contribution in [0.15, 0.2) is 59.5 Å². The highest BCUT2D eigenvalue weighted by Crippen LogP contribution is 2.38. The second kappa shape index (κ2) is 10.9. The lowest BCUT2D eigenvalue weighted by Crippen LogP contribution is -2.50. The Morgan fingerprint density at radius 3 is 2.34 bits per heavy atom. The van der Waals surface area contributed by atoms with Crippen LogP contribution in [0, 0.1) is 17.7 Å². The Morgan fingerprint density at radius 2 is 1.69 bits per heavy atom. The van der Waals surface area contributed by atoms with Crippen molar-refractivity contribution in [2.75, 3.05) is 26.2 Å². The van der Waals surface area contributed by atoms with Crippen LogP contribution in [0.1, 0.15) is 44.2 Å². The summed E-state index contributed by atoms with van der Waals surface area (Å²) in [6.45, 7) is 3.01. The van der Waals surface area contributed by atoms with Crippen LogP contribution in [0.5, 0.6) is 0 Å². The van der Waals surface area contributed by atoms with Gasteiger partial charge >= 0.3 is 5.97 Å². The maximum atomic E-state index is 14.0. The number of hydrogen-bond donors (Lipinski definition) is 0. The topological polar surface area (TPSA) is 84.0 Å². The highest BCUT2D eigenvalue weighted by atomic mass is 32.2. The lowest BCUT2D eigenvalue weighted by atomic mass is 9.89. The predicted octanol–water partition coefficient (Wildman–Crippen LogP) is 3.77. The van der Waals surface area contributed by atoms with Gasteiger partial charge in [-0.25, -0.2) is 12.8 Å². The lowest BCUT2D eigenvalue weighted by molar-refractivity contribution is -0.152. The number of rotatable bonds is 6. The average molecular weight is 503 g/mol. The fourth-order valence-corrected chi connectivity index (χ4v) is 6.74.